The van der Waals surface area contributed by atoms with E-state index < -0.39 is 10.0 Å². The number of anilines is 1. The molecule has 3 aromatic heterocycles. The minimum absolute atomic E-state index is 0.234. The van der Waals surface area contributed by atoms with Crippen LogP contribution in [-0.2, 0) is 0 Å². The molecule has 4 rings (SSSR count). The van der Waals surface area contributed by atoms with Gasteiger partial charge in [-0.1, -0.05) is 0 Å². The highest BCUT2D eigenvalue weighted by molar-refractivity contribution is 8.55. The van der Waals surface area contributed by atoms with Crippen LogP contribution in [0.2, 0.25) is 0 Å². The van der Waals surface area contributed by atoms with Gasteiger partial charge in [0.25, 0.3) is 6.01 Å². The van der Waals surface area contributed by atoms with Gasteiger partial charge in [-0.15, -0.1) is 21.5 Å². The summed E-state index contributed by atoms with van der Waals surface area (Å²) in [7, 11) is -0.704. The van der Waals surface area contributed by atoms with Crippen molar-refractivity contribution in [2.24, 2.45) is 10.2 Å². The lowest BCUT2D eigenvalue weighted by atomic mass is 10.6. The molecule has 2 N–H and O–H groups in total. The summed E-state index contributed by atoms with van der Waals surface area (Å²) < 4.78 is 9.72. The molecule has 0 radical (unpaired) electrons. The second-order valence-corrected chi connectivity index (χ2v) is 11.8. The van der Waals surface area contributed by atoms with Crippen molar-refractivity contribution in [3.8, 4) is 0 Å². The summed E-state index contributed by atoms with van der Waals surface area (Å²) in [5, 5.41) is 13.6. The van der Waals surface area contributed by atoms with Gasteiger partial charge < -0.3 is 14.6 Å². The standard InChI is InChI=1S/C6H12N2S.C5H7NO.C5H7NS.C4H6N2O/c1-5-7-8-6(2)9(5,3)4;1-4-3-6-5(2)7-4;1-4-3-7-5(2)6-4;1-3-2-6-4(5)7-3/h1-4H3;2*3H,1-2H3;2H,1H3,(H2,5,6). The number of oxazole rings is 2. The summed E-state index contributed by atoms with van der Waals surface area (Å²) in [5.74, 6) is 2.35. The molecule has 0 saturated carbocycles. The van der Waals surface area contributed by atoms with Gasteiger partial charge in [0.15, 0.2) is 5.89 Å². The highest BCUT2D eigenvalue weighted by Gasteiger charge is 2.23. The van der Waals surface area contributed by atoms with Crippen LogP contribution in [0.3, 0.4) is 0 Å². The Kier molecular flexibility index (Phi) is 9.94. The average Bonchev–Trinajstić information content (AvgIpc) is 3.39. The van der Waals surface area contributed by atoms with Crippen molar-refractivity contribution in [2.45, 2.75) is 48.5 Å². The Balaban J connectivity index is 0.000000201. The zero-order valence-corrected chi connectivity index (χ0v) is 20.8. The Bertz CT molecular complexity index is 825. The van der Waals surface area contributed by atoms with Crippen LogP contribution in [-0.4, -0.2) is 37.6 Å². The lowest BCUT2D eigenvalue weighted by Crippen LogP contribution is -2.08. The zero-order valence-electron chi connectivity index (χ0n) is 19.2. The van der Waals surface area contributed by atoms with Crippen molar-refractivity contribution in [1.29, 1.82) is 0 Å². The molecular formula is C20H32N6O2S2. The molecule has 1 aliphatic rings. The van der Waals surface area contributed by atoms with E-state index in [9.17, 15) is 0 Å². The van der Waals surface area contributed by atoms with Gasteiger partial charge in [-0.2, -0.15) is 10.0 Å². The first-order valence-corrected chi connectivity index (χ1v) is 12.5. The van der Waals surface area contributed by atoms with Gasteiger partial charge in [-0.05, 0) is 54.1 Å². The SMILES string of the molecule is CC1=NN=C(C)S1(C)C.Cc1cnc(C)o1.Cc1cnc(N)o1.Cc1csc(C)n1. The van der Waals surface area contributed by atoms with Crippen molar-refractivity contribution in [1.82, 2.24) is 15.0 Å². The number of nitrogens with zero attached hydrogens (tertiary/aromatic N) is 5. The van der Waals surface area contributed by atoms with Crippen LogP contribution in [0.25, 0.3) is 0 Å². The summed E-state index contributed by atoms with van der Waals surface area (Å²) in [4.78, 5) is 11.6. The molecule has 3 aromatic rings. The molecule has 4 heterocycles. The summed E-state index contributed by atoms with van der Waals surface area (Å²) in [6.07, 6.45) is 7.72. The quantitative estimate of drug-likeness (QED) is 0.486. The number of aryl methyl sites for hydroxylation is 5. The van der Waals surface area contributed by atoms with E-state index in [4.69, 9.17) is 14.6 Å². The number of rotatable bonds is 0. The van der Waals surface area contributed by atoms with E-state index in [1.807, 2.05) is 27.7 Å². The van der Waals surface area contributed by atoms with Crippen molar-refractivity contribution < 1.29 is 8.83 Å². The van der Waals surface area contributed by atoms with Crippen LogP contribution in [0.15, 0.2) is 36.8 Å². The third kappa shape index (κ3) is 8.91. The smallest absolute Gasteiger partial charge is 0.292 e. The second kappa shape index (κ2) is 11.7. The number of hydrogen-bond acceptors (Lipinski definition) is 9. The second-order valence-electron chi connectivity index (χ2n) is 6.87. The van der Waals surface area contributed by atoms with Crippen molar-refractivity contribution in [3.05, 3.63) is 45.9 Å². The molecule has 1 aliphatic heterocycles. The molecule has 0 spiro atoms. The Labute approximate surface area is 184 Å². The molecule has 0 unspecified atom stereocenters. The van der Waals surface area contributed by atoms with E-state index in [2.05, 4.69) is 56.9 Å². The maximum atomic E-state index is 5.10. The molecule has 0 atom stereocenters. The van der Waals surface area contributed by atoms with Crippen LogP contribution in [0, 0.1) is 34.6 Å². The molecule has 8 nitrogen and oxygen atoms in total. The summed E-state index contributed by atoms with van der Waals surface area (Å²) in [6, 6.07) is 0.234. The van der Waals surface area contributed by atoms with E-state index in [1.165, 1.54) is 10.1 Å². The fourth-order valence-corrected chi connectivity index (χ4v) is 3.38. The number of thiazole rings is 1. The first kappa shape index (κ1) is 25.6. The van der Waals surface area contributed by atoms with Gasteiger partial charge in [-0.3, -0.25) is 0 Å². The molecule has 0 aliphatic carbocycles. The highest BCUT2D eigenvalue weighted by atomic mass is 32.3. The normalized spacial score (nSPS) is 14.7. The van der Waals surface area contributed by atoms with E-state index in [-0.39, 0.29) is 6.01 Å². The predicted molar refractivity (Wildman–Crippen MR) is 129 cm³/mol. The minimum Gasteiger partial charge on any atom is -0.446 e. The lowest BCUT2D eigenvalue weighted by molar-refractivity contribution is 0.494. The summed E-state index contributed by atoms with van der Waals surface area (Å²) >= 11 is 1.69. The monoisotopic (exact) mass is 452 g/mol. The molecule has 0 saturated heterocycles. The van der Waals surface area contributed by atoms with Crippen LogP contribution < -0.4 is 5.73 Å². The largest absolute Gasteiger partial charge is 0.446 e. The van der Waals surface area contributed by atoms with Gasteiger partial charge in [0.05, 0.1) is 27.5 Å². The molecule has 30 heavy (non-hydrogen) atoms. The van der Waals surface area contributed by atoms with Crippen LogP contribution >= 0.6 is 21.4 Å². The Morgan fingerprint density at radius 2 is 1.37 bits per heavy atom. The maximum Gasteiger partial charge on any atom is 0.292 e. The van der Waals surface area contributed by atoms with E-state index in [0.29, 0.717) is 0 Å². The number of nitrogens with two attached hydrogens (primary N) is 1. The van der Waals surface area contributed by atoms with Crippen molar-refractivity contribution in [2.75, 3.05) is 18.2 Å². The fraction of sp³-hybridized carbons (Fsp3) is 0.450. The van der Waals surface area contributed by atoms with Crippen molar-refractivity contribution in [3.63, 3.8) is 0 Å². The average molecular weight is 453 g/mol. The first-order chi connectivity index (χ1) is 13.9. The highest BCUT2D eigenvalue weighted by Crippen LogP contribution is 2.46. The molecule has 0 amide bonds. The van der Waals surface area contributed by atoms with Gasteiger partial charge in [0, 0.05) is 18.0 Å². The summed E-state index contributed by atoms with van der Waals surface area (Å²) in [5.41, 5.74) is 6.23. The Hall–Kier alpha value is -2.46. The number of nitrogen functional groups attached to an aromatic ring is 1. The molecule has 166 valence electrons. The first-order valence-electron chi connectivity index (χ1n) is 9.19. The minimum atomic E-state index is -0.704. The molecule has 0 fully saturated rings. The van der Waals surface area contributed by atoms with Crippen LogP contribution in [0.1, 0.15) is 42.0 Å². The Morgan fingerprint density at radius 1 is 0.833 bits per heavy atom. The predicted octanol–water partition coefficient (Wildman–Crippen LogP) is 5.43. The third-order valence-corrected chi connectivity index (χ3v) is 7.93. The molecule has 10 heteroatoms. The van der Waals surface area contributed by atoms with E-state index in [1.54, 1.807) is 30.7 Å². The van der Waals surface area contributed by atoms with Crippen molar-refractivity contribution >= 4 is 37.5 Å². The topological polar surface area (TPSA) is 116 Å². The van der Waals surface area contributed by atoms with Gasteiger partial charge in [0.1, 0.15) is 11.5 Å². The number of aromatic nitrogens is 3. The van der Waals surface area contributed by atoms with Gasteiger partial charge >= 0.3 is 0 Å². The Morgan fingerprint density at radius 3 is 1.50 bits per heavy atom. The maximum absolute atomic E-state index is 5.10. The number of hydrogen-bond donors (Lipinski definition) is 1. The van der Waals surface area contributed by atoms with Gasteiger partial charge in [-0.25, -0.2) is 15.0 Å². The van der Waals surface area contributed by atoms with Gasteiger partial charge in [0.2, 0.25) is 0 Å². The lowest BCUT2D eigenvalue weighted by Gasteiger charge is -2.24. The van der Waals surface area contributed by atoms with E-state index in [0.717, 1.165) is 28.1 Å². The van der Waals surface area contributed by atoms with Crippen LogP contribution in [0.4, 0.5) is 6.01 Å². The molecule has 0 bridgehead atoms. The zero-order chi connectivity index (χ0) is 22.9. The molecule has 0 aromatic carbocycles. The summed E-state index contributed by atoms with van der Waals surface area (Å²) in [6.45, 7) is 13.6. The fourth-order valence-electron chi connectivity index (χ4n) is 1.87. The van der Waals surface area contributed by atoms with Crippen LogP contribution in [0.5, 0.6) is 0 Å². The molecular weight excluding hydrogens is 420 g/mol. The third-order valence-electron chi connectivity index (χ3n) is 3.92. The van der Waals surface area contributed by atoms with E-state index >= 15 is 0 Å².